The molecule has 0 spiro atoms. The first kappa shape index (κ1) is 46.3. The molecule has 5 aliphatic rings. The number of carboxylic acids is 3. The SMILES string of the molecule is O=C(O)c1ccc(Oc2ccc3c(c2)C2=NC4=NC(=NC5=NC(=NC6=NC(=NC3=N2)c2cc(Oc3ccc(C(=O)O)cc3)ccc26)c2cc(Oc3ccc(C(=O)O)cc3)ccc25)c2cc(Oc3ccc(O)cc3)ccc24)cc1. The maximum atomic E-state index is 11.6. The Morgan fingerprint density at radius 2 is 0.449 bits per heavy atom. The molecule has 5 heterocycles. The van der Waals surface area contributed by atoms with Crippen LogP contribution < -0.4 is 18.9 Å². The summed E-state index contributed by atoms with van der Waals surface area (Å²) in [7, 11) is 0. The maximum Gasteiger partial charge on any atom is 0.335 e. The molecule has 13 rings (SSSR count). The number of hydrogen-bond acceptors (Lipinski definition) is 16. The lowest BCUT2D eigenvalue weighted by Gasteiger charge is -2.09. The van der Waals surface area contributed by atoms with Crippen molar-refractivity contribution in [2.24, 2.45) is 39.9 Å². The molecule has 0 radical (unpaired) electrons. The number of phenolic OH excluding ortho intramolecular Hbond substituents is 1. The number of hydrogen-bond donors (Lipinski definition) is 4. The molecule has 0 atom stereocenters. The number of fused-ring (bicyclic) bond motifs is 16. The largest absolute Gasteiger partial charge is 0.508 e. The van der Waals surface area contributed by atoms with Gasteiger partial charge in [0.2, 0.25) is 0 Å². The lowest BCUT2D eigenvalue weighted by atomic mass is 10.1. The predicted molar refractivity (Wildman–Crippen MR) is 287 cm³/mol. The van der Waals surface area contributed by atoms with Crippen LogP contribution in [0.3, 0.4) is 0 Å². The Morgan fingerprint density at radius 3 is 0.667 bits per heavy atom. The molecule has 0 saturated carbocycles. The van der Waals surface area contributed by atoms with Crippen molar-refractivity contribution in [1.82, 2.24) is 0 Å². The van der Waals surface area contributed by atoms with Crippen molar-refractivity contribution in [1.29, 1.82) is 0 Å². The van der Waals surface area contributed by atoms with Gasteiger partial charge in [-0.15, -0.1) is 0 Å². The van der Waals surface area contributed by atoms with Crippen LogP contribution >= 0.6 is 0 Å². The summed E-state index contributed by atoms with van der Waals surface area (Å²) in [5.74, 6) is 1.94. The van der Waals surface area contributed by atoms with Gasteiger partial charge in [-0.25, -0.2) is 54.3 Å². The molecule has 5 aliphatic heterocycles. The molecular weight excluding hydrogens is 997 g/mol. The third-order valence-corrected chi connectivity index (χ3v) is 12.7. The van der Waals surface area contributed by atoms with E-state index < -0.39 is 17.9 Å². The van der Waals surface area contributed by atoms with E-state index in [2.05, 4.69) is 0 Å². The van der Waals surface area contributed by atoms with Crippen molar-refractivity contribution in [2.75, 3.05) is 0 Å². The number of carbonyl (C=O) groups is 3. The molecule has 78 heavy (non-hydrogen) atoms. The van der Waals surface area contributed by atoms with Crippen molar-refractivity contribution in [3.05, 3.63) is 231 Å². The first-order valence-corrected chi connectivity index (χ1v) is 23.7. The van der Waals surface area contributed by atoms with Crippen molar-refractivity contribution >= 4 is 64.6 Å². The third-order valence-electron chi connectivity index (χ3n) is 12.7. The van der Waals surface area contributed by atoms with E-state index in [9.17, 15) is 34.8 Å². The summed E-state index contributed by atoms with van der Waals surface area (Å²) in [6.45, 7) is 0. The lowest BCUT2D eigenvalue weighted by molar-refractivity contribution is 0.0686. The molecule has 374 valence electrons. The average molecular weight is 1030 g/mol. The van der Waals surface area contributed by atoms with Crippen LogP contribution in [0.5, 0.6) is 51.7 Å². The number of aliphatic imine (C=N–C) groups is 8. The topological polar surface area (TPSA) is 268 Å². The zero-order valence-corrected chi connectivity index (χ0v) is 39.9. The van der Waals surface area contributed by atoms with Crippen LogP contribution in [0.1, 0.15) is 75.6 Å². The summed E-state index contributed by atoms with van der Waals surface area (Å²) in [6.07, 6.45) is 0. The fourth-order valence-electron chi connectivity index (χ4n) is 8.89. The highest BCUT2D eigenvalue weighted by atomic mass is 16.5. The van der Waals surface area contributed by atoms with Crippen molar-refractivity contribution < 1.29 is 53.8 Å². The highest BCUT2D eigenvalue weighted by Crippen LogP contribution is 2.37. The summed E-state index contributed by atoms with van der Waals surface area (Å²) >= 11 is 0. The summed E-state index contributed by atoms with van der Waals surface area (Å²) in [4.78, 5) is 75.2. The number of aromatic carboxylic acids is 3. The van der Waals surface area contributed by atoms with E-state index in [0.717, 1.165) is 0 Å². The lowest BCUT2D eigenvalue weighted by Crippen LogP contribution is -2.03. The summed E-state index contributed by atoms with van der Waals surface area (Å²) in [6, 6.07) is 45.5. The van der Waals surface area contributed by atoms with Gasteiger partial charge in [0.05, 0.1) is 16.7 Å². The van der Waals surface area contributed by atoms with E-state index >= 15 is 0 Å². The molecule has 8 aromatic rings. The van der Waals surface area contributed by atoms with Crippen LogP contribution in [0.15, 0.2) is 210 Å². The summed E-state index contributed by atoms with van der Waals surface area (Å²) < 4.78 is 24.9. The molecule has 0 saturated heterocycles. The van der Waals surface area contributed by atoms with Crippen LogP contribution in [0.4, 0.5) is 0 Å². The number of phenols is 1. The predicted octanol–water partition coefficient (Wildman–Crippen LogP) is 10.8. The van der Waals surface area contributed by atoms with Gasteiger partial charge in [-0.2, -0.15) is 0 Å². The standard InChI is InChI=1S/C59H32N8O11/c68-32-7-15-36(16-8-32)78-40-20-24-44-48(28-40)56-66-51-43-23-19-39(77-35-13-5-31(6-14-35)59(73)74)27-47(43)54(64-51)62-49-41-21-17-37(75-33-9-1-29(2-10-33)57(69)70)25-45(41)53(60-49)61-50-42-22-18-38(26-46(42)55(63-50)65-52(44)67-56)76-34-11-3-30(4-12-34)58(71)72/h1-28,68H,(H,69,70)(H,71,72)(H,73,74). The summed E-state index contributed by atoms with van der Waals surface area (Å²) in [5, 5.41) is 38.4. The maximum absolute atomic E-state index is 11.6. The second-order valence-corrected chi connectivity index (χ2v) is 17.7. The van der Waals surface area contributed by atoms with Gasteiger partial charge in [-0.3, -0.25) is 0 Å². The molecule has 0 aliphatic carbocycles. The Balaban J connectivity index is 0.977. The minimum Gasteiger partial charge on any atom is -0.508 e. The normalized spacial score (nSPS) is 14.1. The smallest absolute Gasteiger partial charge is 0.335 e. The molecule has 19 nitrogen and oxygen atoms in total. The molecule has 8 aromatic carbocycles. The highest BCUT2D eigenvalue weighted by molar-refractivity contribution is 6.35. The van der Waals surface area contributed by atoms with Crippen LogP contribution in [0, 0.1) is 0 Å². The number of amidine groups is 8. The van der Waals surface area contributed by atoms with E-state index in [-0.39, 0.29) is 69.1 Å². The van der Waals surface area contributed by atoms with E-state index in [0.29, 0.717) is 90.5 Å². The first-order chi connectivity index (χ1) is 37.9. The average Bonchev–Trinajstić information content (AvgIpc) is 4.35. The Labute approximate surface area is 439 Å². The summed E-state index contributed by atoms with van der Waals surface area (Å²) in [5.41, 5.74) is 4.70. The van der Waals surface area contributed by atoms with Crippen molar-refractivity contribution in [2.45, 2.75) is 0 Å². The van der Waals surface area contributed by atoms with E-state index in [4.69, 9.17) is 58.9 Å². The zero-order valence-electron chi connectivity index (χ0n) is 39.9. The third kappa shape index (κ3) is 8.75. The molecular formula is C59H32N8O11. The monoisotopic (exact) mass is 1030 g/mol. The van der Waals surface area contributed by atoms with Gasteiger partial charge >= 0.3 is 17.9 Å². The van der Waals surface area contributed by atoms with Gasteiger partial charge in [0.25, 0.3) is 0 Å². The second kappa shape index (κ2) is 18.5. The van der Waals surface area contributed by atoms with Crippen molar-refractivity contribution in [3.8, 4) is 51.7 Å². The van der Waals surface area contributed by atoms with Gasteiger partial charge in [-0.05, 0) is 170 Å². The Bertz CT molecular complexity index is 4150. The van der Waals surface area contributed by atoms with Crippen LogP contribution in [0.2, 0.25) is 0 Å². The van der Waals surface area contributed by atoms with Gasteiger partial charge < -0.3 is 39.4 Å². The molecule has 4 N–H and O–H groups in total. The van der Waals surface area contributed by atoms with Gasteiger partial charge in [-0.1, -0.05) is 0 Å². The zero-order chi connectivity index (χ0) is 53.2. The van der Waals surface area contributed by atoms with Crippen LogP contribution in [0.25, 0.3) is 0 Å². The number of benzene rings is 8. The minimum atomic E-state index is -1.07. The quantitative estimate of drug-likeness (QED) is 0.0946. The second-order valence-electron chi connectivity index (χ2n) is 17.7. The number of nitrogens with zero attached hydrogens (tertiary/aromatic N) is 8. The Kier molecular flexibility index (Phi) is 11.0. The molecule has 0 unspecified atom stereocenters. The number of aromatic hydroxyl groups is 1. The first-order valence-electron chi connectivity index (χ1n) is 23.7. The van der Waals surface area contributed by atoms with E-state index in [1.54, 1.807) is 121 Å². The van der Waals surface area contributed by atoms with Gasteiger partial charge in [0, 0.05) is 44.5 Å². The van der Waals surface area contributed by atoms with Gasteiger partial charge in [0.15, 0.2) is 46.7 Å². The van der Waals surface area contributed by atoms with E-state index in [1.165, 1.54) is 48.5 Å². The Morgan fingerprint density at radius 1 is 0.256 bits per heavy atom. The van der Waals surface area contributed by atoms with E-state index in [1.807, 2.05) is 0 Å². The molecule has 0 amide bonds. The fraction of sp³-hybridized carbons (Fsp3) is 0. The molecule has 8 bridgehead atoms. The highest BCUT2D eigenvalue weighted by Gasteiger charge is 2.33. The number of carboxylic acid groups (broad SMARTS) is 3. The Hall–Kier alpha value is -11.5. The number of rotatable bonds is 11. The fourth-order valence-corrected chi connectivity index (χ4v) is 8.89. The molecule has 0 aromatic heterocycles. The minimum absolute atomic E-state index is 0.0810. The van der Waals surface area contributed by atoms with Crippen molar-refractivity contribution in [3.63, 3.8) is 0 Å². The number of ether oxygens (including phenoxy) is 4. The van der Waals surface area contributed by atoms with Gasteiger partial charge in [0.1, 0.15) is 51.7 Å². The van der Waals surface area contributed by atoms with Crippen LogP contribution in [-0.4, -0.2) is 85.0 Å². The molecule has 19 heteroatoms. The van der Waals surface area contributed by atoms with Crippen LogP contribution in [-0.2, 0) is 0 Å². The molecule has 0 fully saturated rings.